The summed E-state index contributed by atoms with van der Waals surface area (Å²) in [4.78, 5) is 16.5. The Morgan fingerprint density at radius 1 is 1.33 bits per heavy atom. The highest BCUT2D eigenvalue weighted by molar-refractivity contribution is 5.76. The summed E-state index contributed by atoms with van der Waals surface area (Å²) in [6.45, 7) is 6.58. The third kappa shape index (κ3) is 4.06. The molecule has 116 valence electrons. The van der Waals surface area contributed by atoms with E-state index in [0.29, 0.717) is 13.0 Å². The first-order valence-electron chi connectivity index (χ1n) is 7.66. The zero-order valence-corrected chi connectivity index (χ0v) is 12.3. The van der Waals surface area contributed by atoms with Crippen LogP contribution < -0.4 is 5.32 Å². The molecule has 6 nitrogen and oxygen atoms in total. The predicted octanol–water partition coefficient (Wildman–Crippen LogP) is 0.302. The van der Waals surface area contributed by atoms with Gasteiger partial charge < -0.3 is 19.4 Å². The van der Waals surface area contributed by atoms with Crippen molar-refractivity contribution in [2.75, 3.05) is 45.9 Å². The zero-order valence-electron chi connectivity index (χ0n) is 12.3. The highest BCUT2D eigenvalue weighted by Gasteiger charge is 2.25. The maximum Gasteiger partial charge on any atom is 0.225 e. The van der Waals surface area contributed by atoms with Crippen LogP contribution in [0.15, 0.2) is 22.8 Å². The summed E-state index contributed by atoms with van der Waals surface area (Å²) in [6.07, 6.45) is 2.23. The molecule has 2 saturated heterocycles. The Kier molecular flexibility index (Phi) is 4.90. The van der Waals surface area contributed by atoms with Crippen molar-refractivity contribution in [3.8, 4) is 0 Å². The number of morpholine rings is 1. The van der Waals surface area contributed by atoms with Crippen LogP contribution in [-0.2, 0) is 16.1 Å². The minimum Gasteiger partial charge on any atom is -0.468 e. The Hall–Kier alpha value is -1.37. The van der Waals surface area contributed by atoms with Crippen LogP contribution >= 0.6 is 0 Å². The minimum atomic E-state index is 0.0346. The highest BCUT2D eigenvalue weighted by atomic mass is 16.5. The average molecular weight is 293 g/mol. The highest BCUT2D eigenvalue weighted by Crippen LogP contribution is 2.11. The van der Waals surface area contributed by atoms with E-state index in [9.17, 15) is 4.79 Å². The van der Waals surface area contributed by atoms with Gasteiger partial charge in [-0.05, 0) is 12.1 Å². The molecule has 21 heavy (non-hydrogen) atoms. The molecule has 2 aliphatic heterocycles. The van der Waals surface area contributed by atoms with Crippen molar-refractivity contribution >= 4 is 5.91 Å². The van der Waals surface area contributed by atoms with Crippen LogP contribution in [-0.4, -0.2) is 67.7 Å². The van der Waals surface area contributed by atoms with Gasteiger partial charge in [-0.2, -0.15) is 0 Å². The van der Waals surface area contributed by atoms with Crippen molar-refractivity contribution in [1.29, 1.82) is 0 Å². The molecule has 0 radical (unpaired) electrons. The van der Waals surface area contributed by atoms with E-state index in [-0.39, 0.29) is 12.0 Å². The zero-order chi connectivity index (χ0) is 14.5. The SMILES string of the molecule is O=C(CC1CNCCO1)N1CCN(Cc2ccco2)CC1. The predicted molar refractivity (Wildman–Crippen MR) is 77.8 cm³/mol. The largest absolute Gasteiger partial charge is 0.468 e. The summed E-state index contributed by atoms with van der Waals surface area (Å²) < 4.78 is 11.0. The van der Waals surface area contributed by atoms with Gasteiger partial charge in [0.1, 0.15) is 5.76 Å². The van der Waals surface area contributed by atoms with E-state index in [1.165, 1.54) is 0 Å². The number of ether oxygens (including phenoxy) is 1. The molecule has 0 aliphatic carbocycles. The smallest absolute Gasteiger partial charge is 0.225 e. The van der Waals surface area contributed by atoms with E-state index >= 15 is 0 Å². The fraction of sp³-hybridized carbons (Fsp3) is 0.667. The summed E-state index contributed by atoms with van der Waals surface area (Å²) in [6, 6.07) is 3.90. The van der Waals surface area contributed by atoms with E-state index in [1.54, 1.807) is 6.26 Å². The van der Waals surface area contributed by atoms with Crippen LogP contribution in [0.1, 0.15) is 12.2 Å². The van der Waals surface area contributed by atoms with Gasteiger partial charge in [0, 0.05) is 39.3 Å². The van der Waals surface area contributed by atoms with E-state index < -0.39 is 0 Å². The third-order valence-corrected chi connectivity index (χ3v) is 4.09. The third-order valence-electron chi connectivity index (χ3n) is 4.09. The molecule has 3 heterocycles. The molecule has 2 aliphatic rings. The van der Waals surface area contributed by atoms with Crippen LogP contribution in [0.2, 0.25) is 0 Å². The van der Waals surface area contributed by atoms with Gasteiger partial charge in [0.05, 0.1) is 31.9 Å². The summed E-state index contributed by atoms with van der Waals surface area (Å²) in [5, 5.41) is 3.26. The number of nitrogens with one attached hydrogen (secondary N) is 1. The van der Waals surface area contributed by atoms with Crippen LogP contribution in [0.25, 0.3) is 0 Å². The first kappa shape index (κ1) is 14.6. The van der Waals surface area contributed by atoms with Gasteiger partial charge in [-0.3, -0.25) is 9.69 Å². The molecule has 1 unspecified atom stereocenters. The van der Waals surface area contributed by atoms with E-state index in [2.05, 4.69) is 10.2 Å². The van der Waals surface area contributed by atoms with Crippen LogP contribution in [0.4, 0.5) is 0 Å². The summed E-state index contributed by atoms with van der Waals surface area (Å²) in [7, 11) is 0. The van der Waals surface area contributed by atoms with Gasteiger partial charge in [0.2, 0.25) is 5.91 Å². The molecule has 6 heteroatoms. The molecule has 1 N–H and O–H groups in total. The lowest BCUT2D eigenvalue weighted by atomic mass is 10.2. The van der Waals surface area contributed by atoms with Crippen LogP contribution in [0, 0.1) is 0 Å². The number of rotatable bonds is 4. The van der Waals surface area contributed by atoms with Gasteiger partial charge in [-0.1, -0.05) is 0 Å². The Labute approximate surface area is 125 Å². The van der Waals surface area contributed by atoms with Gasteiger partial charge in [0.25, 0.3) is 0 Å². The standard InChI is InChI=1S/C15H23N3O3/c19-15(10-14-11-16-3-9-21-14)18-6-4-17(5-7-18)12-13-2-1-8-20-13/h1-2,8,14,16H,3-7,9-12H2. The normalized spacial score (nSPS) is 24.2. The summed E-state index contributed by atoms with van der Waals surface area (Å²) >= 11 is 0. The number of hydrogen-bond donors (Lipinski definition) is 1. The van der Waals surface area contributed by atoms with Gasteiger partial charge in [-0.15, -0.1) is 0 Å². The fourth-order valence-electron chi connectivity index (χ4n) is 2.85. The molecule has 2 fully saturated rings. The van der Waals surface area contributed by atoms with Crippen molar-refractivity contribution in [3.05, 3.63) is 24.2 Å². The number of amides is 1. The Bertz CT molecular complexity index is 435. The number of furan rings is 1. The topological polar surface area (TPSA) is 58.0 Å². The molecule has 3 rings (SSSR count). The van der Waals surface area contributed by atoms with Crippen molar-refractivity contribution in [2.24, 2.45) is 0 Å². The van der Waals surface area contributed by atoms with Gasteiger partial charge in [-0.25, -0.2) is 0 Å². The molecule has 1 amide bonds. The second kappa shape index (κ2) is 7.06. The van der Waals surface area contributed by atoms with Gasteiger partial charge >= 0.3 is 0 Å². The van der Waals surface area contributed by atoms with E-state index in [1.807, 2.05) is 17.0 Å². The van der Waals surface area contributed by atoms with Crippen LogP contribution in [0.3, 0.4) is 0 Å². The number of carbonyl (C=O) groups excluding carboxylic acids is 1. The van der Waals surface area contributed by atoms with E-state index in [0.717, 1.165) is 51.6 Å². The minimum absolute atomic E-state index is 0.0346. The lowest BCUT2D eigenvalue weighted by Gasteiger charge is -2.35. The Morgan fingerprint density at radius 2 is 2.19 bits per heavy atom. The number of hydrogen-bond acceptors (Lipinski definition) is 5. The second-order valence-corrected chi connectivity index (χ2v) is 5.64. The lowest BCUT2D eigenvalue weighted by molar-refractivity contribution is -0.136. The number of carbonyl (C=O) groups is 1. The number of piperazine rings is 1. The maximum atomic E-state index is 12.3. The van der Waals surface area contributed by atoms with Crippen molar-refractivity contribution in [3.63, 3.8) is 0 Å². The first-order chi connectivity index (χ1) is 10.3. The van der Waals surface area contributed by atoms with Crippen molar-refractivity contribution < 1.29 is 13.9 Å². The molecule has 0 spiro atoms. The van der Waals surface area contributed by atoms with E-state index in [4.69, 9.17) is 9.15 Å². The molecule has 0 aromatic carbocycles. The molecule has 1 aromatic heterocycles. The lowest BCUT2D eigenvalue weighted by Crippen LogP contribution is -2.50. The molecule has 0 bridgehead atoms. The van der Waals surface area contributed by atoms with Crippen molar-refractivity contribution in [2.45, 2.75) is 19.1 Å². The Morgan fingerprint density at radius 3 is 2.86 bits per heavy atom. The van der Waals surface area contributed by atoms with Gasteiger partial charge in [0.15, 0.2) is 0 Å². The average Bonchev–Trinajstić information content (AvgIpc) is 3.02. The monoisotopic (exact) mass is 293 g/mol. The second-order valence-electron chi connectivity index (χ2n) is 5.64. The maximum absolute atomic E-state index is 12.3. The first-order valence-corrected chi connectivity index (χ1v) is 7.66. The molecule has 1 atom stereocenters. The summed E-state index contributed by atoms with van der Waals surface area (Å²) in [5.41, 5.74) is 0. The molecule has 0 saturated carbocycles. The number of nitrogens with zero attached hydrogens (tertiary/aromatic N) is 2. The van der Waals surface area contributed by atoms with Crippen LogP contribution in [0.5, 0.6) is 0 Å². The Balaban J connectivity index is 1.41. The molecular weight excluding hydrogens is 270 g/mol. The quantitative estimate of drug-likeness (QED) is 0.865. The fourth-order valence-corrected chi connectivity index (χ4v) is 2.85. The molecule has 1 aromatic rings. The summed E-state index contributed by atoms with van der Waals surface area (Å²) in [5.74, 6) is 1.19. The molecular formula is C15H23N3O3. The van der Waals surface area contributed by atoms with Crippen molar-refractivity contribution in [1.82, 2.24) is 15.1 Å².